The van der Waals surface area contributed by atoms with Gasteiger partial charge in [0.15, 0.2) is 0 Å². The van der Waals surface area contributed by atoms with E-state index in [-0.39, 0.29) is 18.0 Å². The van der Waals surface area contributed by atoms with Gasteiger partial charge >= 0.3 is 0 Å². The molecule has 1 aliphatic rings. The highest BCUT2D eigenvalue weighted by atomic mass is 79.9. The number of nitrogens with zero attached hydrogens (tertiary/aromatic N) is 1. The summed E-state index contributed by atoms with van der Waals surface area (Å²) in [7, 11) is 0. The Kier molecular flexibility index (Phi) is 4.96. The van der Waals surface area contributed by atoms with Gasteiger partial charge in [0.25, 0.3) is 5.91 Å². The van der Waals surface area contributed by atoms with Crippen LogP contribution in [0.4, 0.5) is 10.1 Å². The Morgan fingerprint density at radius 2 is 1.75 bits per heavy atom. The molecule has 4 nitrogen and oxygen atoms in total. The summed E-state index contributed by atoms with van der Waals surface area (Å²) in [4.78, 5) is 27.2. The summed E-state index contributed by atoms with van der Waals surface area (Å²) in [6.45, 7) is -0.182. The molecule has 6 heteroatoms. The highest BCUT2D eigenvalue weighted by Gasteiger charge is 2.34. The number of fused-ring (bicyclic) bond motifs is 1. The van der Waals surface area contributed by atoms with Gasteiger partial charge in [-0.3, -0.25) is 9.59 Å². The van der Waals surface area contributed by atoms with Crippen molar-refractivity contribution in [2.75, 3.05) is 11.9 Å². The van der Waals surface area contributed by atoms with Crippen LogP contribution in [0.5, 0.6) is 0 Å². The maximum absolute atomic E-state index is 14.3. The van der Waals surface area contributed by atoms with Crippen molar-refractivity contribution in [3.05, 3.63) is 99.8 Å². The number of hydrogen-bond acceptors (Lipinski definition) is 2. The summed E-state index contributed by atoms with van der Waals surface area (Å²) >= 11 is 3.47. The lowest BCUT2D eigenvalue weighted by Crippen LogP contribution is -2.39. The van der Waals surface area contributed by atoms with Crippen LogP contribution in [0.3, 0.4) is 0 Å². The molecule has 0 radical (unpaired) electrons. The first kappa shape index (κ1) is 18.4. The van der Waals surface area contributed by atoms with Gasteiger partial charge in [-0.2, -0.15) is 0 Å². The Bertz CT molecular complexity index is 1060. The molecular weight excluding hydrogens is 423 g/mol. The topological polar surface area (TPSA) is 49.4 Å². The molecular formula is C22H16BrFN2O2. The number of benzene rings is 3. The third-order valence-electron chi connectivity index (χ3n) is 4.69. The van der Waals surface area contributed by atoms with Gasteiger partial charge in [0.2, 0.25) is 5.91 Å². The Labute approximate surface area is 170 Å². The van der Waals surface area contributed by atoms with E-state index in [1.807, 2.05) is 42.5 Å². The van der Waals surface area contributed by atoms with E-state index in [2.05, 4.69) is 21.2 Å². The Hall–Kier alpha value is -2.99. The molecule has 0 bridgehead atoms. The standard InChI is InChI=1S/C22H16BrFN2O2/c23-15-10-11-19-17(12-15)21(14-6-2-1-3-7-14)26(13-20(27)25-19)22(28)16-8-4-5-9-18(16)24/h1-12,21H,13H2,(H,25,27). The van der Waals surface area contributed by atoms with Crippen LogP contribution in [0.2, 0.25) is 0 Å². The SMILES string of the molecule is O=C1CN(C(=O)c2ccccc2F)C(c2ccccc2)c2cc(Br)ccc2N1. The zero-order chi connectivity index (χ0) is 19.7. The quantitative estimate of drug-likeness (QED) is 0.626. The van der Waals surface area contributed by atoms with Crippen LogP contribution in [-0.4, -0.2) is 23.3 Å². The van der Waals surface area contributed by atoms with Crippen molar-refractivity contribution >= 4 is 33.4 Å². The van der Waals surface area contributed by atoms with Crippen LogP contribution < -0.4 is 5.32 Å². The molecule has 1 atom stereocenters. The molecule has 28 heavy (non-hydrogen) atoms. The second kappa shape index (κ2) is 7.56. The van der Waals surface area contributed by atoms with Crippen molar-refractivity contribution in [2.45, 2.75) is 6.04 Å². The smallest absolute Gasteiger partial charge is 0.258 e. The minimum atomic E-state index is -0.613. The van der Waals surface area contributed by atoms with Gasteiger partial charge in [0, 0.05) is 15.7 Å². The van der Waals surface area contributed by atoms with Crippen molar-refractivity contribution in [3.63, 3.8) is 0 Å². The van der Waals surface area contributed by atoms with Crippen LogP contribution >= 0.6 is 15.9 Å². The molecule has 1 unspecified atom stereocenters. The highest BCUT2D eigenvalue weighted by molar-refractivity contribution is 9.10. The fourth-order valence-electron chi connectivity index (χ4n) is 3.45. The second-order valence-electron chi connectivity index (χ2n) is 6.51. The fourth-order valence-corrected chi connectivity index (χ4v) is 3.83. The molecule has 0 aromatic heterocycles. The number of nitrogens with one attached hydrogen (secondary N) is 1. The van der Waals surface area contributed by atoms with Gasteiger partial charge in [0.05, 0.1) is 11.6 Å². The van der Waals surface area contributed by atoms with E-state index in [1.54, 1.807) is 12.1 Å². The molecule has 0 spiro atoms. The molecule has 0 saturated carbocycles. The minimum absolute atomic E-state index is 0.0605. The average Bonchev–Trinajstić information content (AvgIpc) is 2.84. The fraction of sp³-hybridized carbons (Fsp3) is 0.0909. The molecule has 0 saturated heterocycles. The maximum atomic E-state index is 14.3. The lowest BCUT2D eigenvalue weighted by Gasteiger charge is -2.30. The zero-order valence-electron chi connectivity index (χ0n) is 14.7. The first-order valence-electron chi connectivity index (χ1n) is 8.74. The number of rotatable bonds is 2. The zero-order valence-corrected chi connectivity index (χ0v) is 16.3. The van der Waals surface area contributed by atoms with Crippen molar-refractivity contribution in [1.29, 1.82) is 0 Å². The van der Waals surface area contributed by atoms with Gasteiger partial charge in [-0.15, -0.1) is 0 Å². The summed E-state index contributed by atoms with van der Waals surface area (Å²) in [5, 5.41) is 2.85. The lowest BCUT2D eigenvalue weighted by atomic mass is 9.95. The van der Waals surface area contributed by atoms with Crippen molar-refractivity contribution in [2.24, 2.45) is 0 Å². The minimum Gasteiger partial charge on any atom is -0.324 e. The summed E-state index contributed by atoms with van der Waals surface area (Å²) in [5.41, 5.74) is 2.17. The molecule has 1 aliphatic heterocycles. The second-order valence-corrected chi connectivity index (χ2v) is 7.42. The lowest BCUT2D eigenvalue weighted by molar-refractivity contribution is -0.117. The molecule has 2 amide bonds. The number of halogens is 2. The first-order valence-corrected chi connectivity index (χ1v) is 9.53. The molecule has 1 heterocycles. The predicted octanol–water partition coefficient (Wildman–Crippen LogP) is 4.77. The monoisotopic (exact) mass is 438 g/mol. The molecule has 0 aliphatic carbocycles. The predicted molar refractivity (Wildman–Crippen MR) is 108 cm³/mol. The molecule has 4 rings (SSSR count). The van der Waals surface area contributed by atoms with Crippen LogP contribution in [-0.2, 0) is 4.79 Å². The Morgan fingerprint density at radius 3 is 2.50 bits per heavy atom. The van der Waals surface area contributed by atoms with Crippen molar-refractivity contribution in [1.82, 2.24) is 4.90 Å². The number of carbonyl (C=O) groups excluding carboxylic acids is 2. The van der Waals surface area contributed by atoms with Crippen LogP contribution in [0.15, 0.2) is 77.3 Å². The summed E-state index contributed by atoms with van der Waals surface area (Å²) in [6, 6.07) is 20.2. The Balaban J connectivity index is 1.91. The number of amides is 2. The number of anilines is 1. The van der Waals surface area contributed by atoms with Gasteiger partial charge in [-0.05, 0) is 35.9 Å². The van der Waals surface area contributed by atoms with Crippen molar-refractivity contribution < 1.29 is 14.0 Å². The molecule has 0 fully saturated rings. The molecule has 3 aromatic carbocycles. The van der Waals surface area contributed by atoms with Crippen LogP contribution in [0.25, 0.3) is 0 Å². The van der Waals surface area contributed by atoms with Gasteiger partial charge < -0.3 is 10.2 Å². The van der Waals surface area contributed by atoms with Crippen molar-refractivity contribution in [3.8, 4) is 0 Å². The van der Waals surface area contributed by atoms with Gasteiger partial charge in [0.1, 0.15) is 12.4 Å². The third kappa shape index (κ3) is 3.43. The normalized spacial score (nSPS) is 16.1. The van der Waals surface area contributed by atoms with Crippen LogP contribution in [0, 0.1) is 5.82 Å². The number of hydrogen-bond donors (Lipinski definition) is 1. The first-order chi connectivity index (χ1) is 13.5. The largest absolute Gasteiger partial charge is 0.324 e. The van der Waals surface area contributed by atoms with E-state index in [0.717, 1.165) is 15.6 Å². The molecule has 140 valence electrons. The molecule has 3 aromatic rings. The van der Waals surface area contributed by atoms with E-state index in [9.17, 15) is 14.0 Å². The van der Waals surface area contributed by atoms with Gasteiger partial charge in [-0.25, -0.2) is 4.39 Å². The van der Waals surface area contributed by atoms with Crippen LogP contribution in [0.1, 0.15) is 27.5 Å². The van der Waals surface area contributed by atoms with E-state index in [1.165, 1.54) is 23.1 Å². The third-order valence-corrected chi connectivity index (χ3v) is 5.18. The summed E-state index contributed by atoms with van der Waals surface area (Å²) in [5.74, 6) is -1.47. The van der Waals surface area contributed by atoms with E-state index < -0.39 is 17.8 Å². The van der Waals surface area contributed by atoms with E-state index in [0.29, 0.717) is 5.69 Å². The highest BCUT2D eigenvalue weighted by Crippen LogP contribution is 2.38. The Morgan fingerprint density at radius 1 is 1.04 bits per heavy atom. The van der Waals surface area contributed by atoms with Gasteiger partial charge in [-0.1, -0.05) is 58.4 Å². The maximum Gasteiger partial charge on any atom is 0.258 e. The molecule has 1 N–H and O–H groups in total. The van der Waals surface area contributed by atoms with E-state index in [4.69, 9.17) is 0 Å². The average molecular weight is 439 g/mol. The number of carbonyl (C=O) groups is 2. The summed E-state index contributed by atoms with van der Waals surface area (Å²) in [6.07, 6.45) is 0. The van der Waals surface area contributed by atoms with E-state index >= 15 is 0 Å². The summed E-state index contributed by atoms with van der Waals surface area (Å²) < 4.78 is 15.1.